The summed E-state index contributed by atoms with van der Waals surface area (Å²) < 4.78 is 6.23. The van der Waals surface area contributed by atoms with Gasteiger partial charge in [-0.25, -0.2) is 0 Å². The zero-order valence-corrected chi connectivity index (χ0v) is 16.1. The molecule has 1 saturated heterocycles. The van der Waals surface area contributed by atoms with E-state index in [2.05, 4.69) is 20.7 Å². The molecule has 0 aliphatic carbocycles. The van der Waals surface area contributed by atoms with Crippen LogP contribution in [-0.4, -0.2) is 58.4 Å². The van der Waals surface area contributed by atoms with Gasteiger partial charge in [0.2, 0.25) is 0 Å². The molecule has 1 fully saturated rings. The van der Waals surface area contributed by atoms with E-state index in [-0.39, 0.29) is 17.4 Å². The van der Waals surface area contributed by atoms with E-state index in [4.69, 9.17) is 4.74 Å². The summed E-state index contributed by atoms with van der Waals surface area (Å²) >= 11 is 1.54. The fraction of sp³-hybridized carbons (Fsp3) is 0.556. The standard InChI is InChI=1S/C18H23N5O3S/c1-2-6-19-16(24)14-10-12-3-9-26-18(15(12)27-14)4-7-23(8-5-18)17(25)13-11-20-22-21-13/h10-11H,2-9H2,1H3,(H,19,24)(H,20,21,22). The highest BCUT2D eigenvalue weighted by atomic mass is 32.1. The Morgan fingerprint density at radius 1 is 1.41 bits per heavy atom. The van der Waals surface area contributed by atoms with E-state index in [1.54, 1.807) is 4.90 Å². The third kappa shape index (κ3) is 3.37. The van der Waals surface area contributed by atoms with Crippen molar-refractivity contribution < 1.29 is 14.3 Å². The number of hydrogen-bond acceptors (Lipinski definition) is 6. The molecule has 0 radical (unpaired) electrons. The van der Waals surface area contributed by atoms with Crippen LogP contribution in [0.2, 0.25) is 0 Å². The van der Waals surface area contributed by atoms with Crippen molar-refractivity contribution in [2.75, 3.05) is 26.2 Å². The molecule has 8 nitrogen and oxygen atoms in total. The summed E-state index contributed by atoms with van der Waals surface area (Å²) in [6, 6.07) is 2.02. The molecule has 0 saturated carbocycles. The van der Waals surface area contributed by atoms with E-state index in [0.29, 0.717) is 31.9 Å². The molecule has 0 aromatic carbocycles. The Bertz CT molecular complexity index is 824. The molecule has 2 aliphatic heterocycles. The van der Waals surface area contributed by atoms with E-state index in [1.807, 2.05) is 13.0 Å². The highest BCUT2D eigenvalue weighted by molar-refractivity contribution is 7.14. The molecule has 9 heteroatoms. The molecular formula is C18H23N5O3S. The van der Waals surface area contributed by atoms with Gasteiger partial charge in [-0.1, -0.05) is 6.92 Å². The highest BCUT2D eigenvalue weighted by Gasteiger charge is 2.43. The lowest BCUT2D eigenvalue weighted by Gasteiger charge is -2.43. The van der Waals surface area contributed by atoms with Gasteiger partial charge in [0.15, 0.2) is 5.69 Å². The number of likely N-dealkylation sites (tertiary alicyclic amines) is 1. The summed E-state index contributed by atoms with van der Waals surface area (Å²) in [6.45, 7) is 4.57. The fourth-order valence-corrected chi connectivity index (χ4v) is 5.10. The number of amides is 2. The molecule has 0 bridgehead atoms. The molecule has 2 N–H and O–H groups in total. The number of H-pyrrole nitrogens is 1. The molecule has 2 aromatic heterocycles. The lowest BCUT2D eigenvalue weighted by atomic mass is 9.85. The first kappa shape index (κ1) is 18.1. The van der Waals surface area contributed by atoms with Gasteiger partial charge in [-0.15, -0.1) is 11.3 Å². The highest BCUT2D eigenvalue weighted by Crippen LogP contribution is 2.45. The third-order valence-electron chi connectivity index (χ3n) is 5.22. The van der Waals surface area contributed by atoms with Crippen molar-refractivity contribution in [1.82, 2.24) is 25.6 Å². The number of aromatic amines is 1. The Hall–Kier alpha value is -2.26. The monoisotopic (exact) mass is 389 g/mol. The Kier molecular flexibility index (Phi) is 4.96. The van der Waals surface area contributed by atoms with Gasteiger partial charge in [-0.05, 0) is 37.3 Å². The first-order chi connectivity index (χ1) is 13.1. The first-order valence-corrected chi connectivity index (χ1v) is 10.1. The van der Waals surface area contributed by atoms with Crippen LogP contribution in [0.1, 0.15) is 56.8 Å². The number of thiophene rings is 1. The normalized spacial score (nSPS) is 18.3. The summed E-state index contributed by atoms with van der Waals surface area (Å²) in [4.78, 5) is 28.5. The second-order valence-electron chi connectivity index (χ2n) is 6.96. The molecule has 1 spiro atoms. The molecule has 2 aliphatic rings. The number of ether oxygens (including phenoxy) is 1. The van der Waals surface area contributed by atoms with Gasteiger partial charge in [-0.2, -0.15) is 15.4 Å². The molecule has 0 unspecified atom stereocenters. The second kappa shape index (κ2) is 7.40. The van der Waals surface area contributed by atoms with Gasteiger partial charge in [0.1, 0.15) is 5.60 Å². The first-order valence-electron chi connectivity index (χ1n) is 9.33. The fourth-order valence-electron chi connectivity index (χ4n) is 3.77. The Labute approximate surface area is 161 Å². The molecule has 2 amide bonds. The summed E-state index contributed by atoms with van der Waals surface area (Å²) in [5.74, 6) is -0.120. The van der Waals surface area contributed by atoms with Gasteiger partial charge in [0.25, 0.3) is 11.8 Å². The zero-order valence-electron chi connectivity index (χ0n) is 15.3. The number of piperidine rings is 1. The third-order valence-corrected chi connectivity index (χ3v) is 6.59. The van der Waals surface area contributed by atoms with Gasteiger partial charge in [-0.3, -0.25) is 9.59 Å². The van der Waals surface area contributed by atoms with Crippen molar-refractivity contribution in [3.63, 3.8) is 0 Å². The topological polar surface area (TPSA) is 100 Å². The van der Waals surface area contributed by atoms with E-state index >= 15 is 0 Å². The van der Waals surface area contributed by atoms with E-state index in [0.717, 1.165) is 35.4 Å². The van der Waals surface area contributed by atoms with Crippen LogP contribution in [0, 0.1) is 0 Å². The average molecular weight is 389 g/mol. The molecular weight excluding hydrogens is 366 g/mol. The van der Waals surface area contributed by atoms with Gasteiger partial charge < -0.3 is 15.0 Å². The molecule has 144 valence electrons. The minimum absolute atomic E-state index is 0.00922. The van der Waals surface area contributed by atoms with Crippen molar-refractivity contribution in [3.05, 3.63) is 33.3 Å². The predicted molar refractivity (Wildman–Crippen MR) is 99.8 cm³/mol. The smallest absolute Gasteiger partial charge is 0.276 e. The van der Waals surface area contributed by atoms with Crippen LogP contribution in [0.5, 0.6) is 0 Å². The number of nitrogens with one attached hydrogen (secondary N) is 2. The number of nitrogens with zero attached hydrogens (tertiary/aromatic N) is 3. The Morgan fingerprint density at radius 3 is 2.93 bits per heavy atom. The number of carbonyl (C=O) groups is 2. The van der Waals surface area contributed by atoms with Crippen molar-refractivity contribution in [2.45, 2.75) is 38.2 Å². The number of carbonyl (C=O) groups excluding carboxylic acids is 2. The van der Waals surface area contributed by atoms with Crippen molar-refractivity contribution in [2.24, 2.45) is 0 Å². The van der Waals surface area contributed by atoms with Crippen LogP contribution in [0.15, 0.2) is 12.3 Å². The minimum atomic E-state index is -0.387. The number of fused-ring (bicyclic) bond motifs is 2. The predicted octanol–water partition coefficient (Wildman–Crippen LogP) is 1.71. The lowest BCUT2D eigenvalue weighted by Crippen LogP contribution is -2.48. The molecule has 2 aromatic rings. The van der Waals surface area contributed by atoms with E-state index in [9.17, 15) is 9.59 Å². The van der Waals surface area contributed by atoms with Crippen LogP contribution in [-0.2, 0) is 16.8 Å². The molecule has 0 atom stereocenters. The van der Waals surface area contributed by atoms with E-state index in [1.165, 1.54) is 23.1 Å². The van der Waals surface area contributed by atoms with Crippen molar-refractivity contribution in [3.8, 4) is 0 Å². The molecule has 4 heterocycles. The van der Waals surface area contributed by atoms with E-state index < -0.39 is 0 Å². The van der Waals surface area contributed by atoms with Crippen LogP contribution in [0.3, 0.4) is 0 Å². The quantitative estimate of drug-likeness (QED) is 0.829. The largest absolute Gasteiger partial charge is 0.369 e. The van der Waals surface area contributed by atoms with Gasteiger partial charge >= 0.3 is 0 Å². The maximum Gasteiger partial charge on any atom is 0.276 e. The number of rotatable bonds is 4. The second-order valence-corrected chi connectivity index (χ2v) is 8.01. The van der Waals surface area contributed by atoms with Gasteiger partial charge in [0, 0.05) is 24.5 Å². The summed E-state index contributed by atoms with van der Waals surface area (Å²) in [5, 5.41) is 13.0. The van der Waals surface area contributed by atoms with Crippen molar-refractivity contribution in [1.29, 1.82) is 0 Å². The maximum atomic E-state index is 12.5. The van der Waals surface area contributed by atoms with Crippen LogP contribution < -0.4 is 5.32 Å². The zero-order chi connectivity index (χ0) is 18.9. The lowest BCUT2D eigenvalue weighted by molar-refractivity contribution is -0.0906. The SMILES string of the molecule is CCCNC(=O)c1cc2c(s1)C1(CCN(C(=O)c3cn[nH]n3)CC1)OCC2. The molecule has 27 heavy (non-hydrogen) atoms. The molecule has 4 rings (SSSR count). The minimum Gasteiger partial charge on any atom is -0.369 e. The maximum absolute atomic E-state index is 12.5. The Balaban J connectivity index is 1.50. The van der Waals surface area contributed by atoms with Crippen LogP contribution >= 0.6 is 11.3 Å². The summed E-state index contributed by atoms with van der Waals surface area (Å²) in [7, 11) is 0. The number of hydrogen-bond donors (Lipinski definition) is 2. The van der Waals surface area contributed by atoms with Crippen LogP contribution in [0.25, 0.3) is 0 Å². The average Bonchev–Trinajstić information content (AvgIpc) is 3.37. The summed E-state index contributed by atoms with van der Waals surface area (Å²) in [6.07, 6.45) is 4.64. The van der Waals surface area contributed by atoms with Crippen LogP contribution in [0.4, 0.5) is 0 Å². The Morgan fingerprint density at radius 2 is 2.22 bits per heavy atom. The van der Waals surface area contributed by atoms with Crippen molar-refractivity contribution >= 4 is 23.2 Å². The summed E-state index contributed by atoms with van der Waals surface area (Å²) in [5.41, 5.74) is 1.16. The van der Waals surface area contributed by atoms with Gasteiger partial charge in [0.05, 0.1) is 17.7 Å². The number of aromatic nitrogens is 3.